The molecular formula is C43H55N9O6. The minimum absolute atomic E-state index is 0.122. The van der Waals surface area contributed by atoms with Gasteiger partial charge >= 0.3 is 12.2 Å². The molecule has 2 unspecified atom stereocenters. The third-order valence-corrected chi connectivity index (χ3v) is 12.4. The predicted octanol–water partition coefficient (Wildman–Crippen LogP) is 6.27. The topological polar surface area (TPSA) is 189 Å². The van der Waals surface area contributed by atoms with E-state index in [-0.39, 0.29) is 35.7 Å². The number of carbonyl (C=O) groups excluding carboxylic acids is 3. The molecule has 4 aromatic rings. The monoisotopic (exact) mass is 793 g/mol. The number of aromatic nitrogens is 4. The summed E-state index contributed by atoms with van der Waals surface area (Å²) >= 11 is 0. The highest BCUT2D eigenvalue weighted by Crippen LogP contribution is 2.52. The third-order valence-electron chi connectivity index (χ3n) is 12.4. The molecule has 2 aliphatic heterocycles. The van der Waals surface area contributed by atoms with E-state index in [2.05, 4.69) is 82.9 Å². The second-order valence-electron chi connectivity index (χ2n) is 16.8. The number of nitrogens with zero attached hydrogens (tertiary/aromatic N) is 5. The van der Waals surface area contributed by atoms with Gasteiger partial charge < -0.3 is 40.2 Å². The minimum Gasteiger partial charge on any atom is -0.465 e. The molecule has 2 saturated heterocycles. The van der Waals surface area contributed by atoms with Crippen molar-refractivity contribution in [2.24, 2.45) is 11.8 Å². The molecule has 4 heterocycles. The van der Waals surface area contributed by atoms with Crippen LogP contribution in [0.5, 0.6) is 0 Å². The van der Waals surface area contributed by atoms with Gasteiger partial charge in [-0.15, -0.1) is 0 Å². The minimum atomic E-state index is -1.22. The SMILES string of the molecule is COC(=O)N[C@H](C(=O)N1CCCC1c1ncc(-c2ccc3c(c2)C(C)(N(C)C)c2cc(-c4cnc([C@@H]5CCCN5C(=O)[C@@H](NC(=O)O)C(C)C)[nH]4)ccc2-3)[nH]1)C(C)C. The fraction of sp³-hybridized carbons (Fsp3) is 0.488. The number of carboxylic acid groups (broad SMARTS) is 1. The van der Waals surface area contributed by atoms with E-state index in [4.69, 9.17) is 14.7 Å². The van der Waals surface area contributed by atoms with Gasteiger partial charge in [-0.2, -0.15) is 0 Å². The number of imidazole rings is 2. The van der Waals surface area contributed by atoms with Gasteiger partial charge in [0.05, 0.1) is 48.5 Å². The first-order chi connectivity index (χ1) is 27.6. The van der Waals surface area contributed by atoms with E-state index in [0.29, 0.717) is 24.7 Å². The second kappa shape index (κ2) is 15.9. The fourth-order valence-electron chi connectivity index (χ4n) is 8.96. The number of likely N-dealkylation sites (tertiary alicyclic amines) is 2. The number of benzene rings is 2. The van der Waals surface area contributed by atoms with Crippen molar-refractivity contribution in [2.45, 2.75) is 90.0 Å². The van der Waals surface area contributed by atoms with Gasteiger partial charge in [0.25, 0.3) is 0 Å². The molecule has 15 nitrogen and oxygen atoms in total. The highest BCUT2D eigenvalue weighted by atomic mass is 16.5. The molecule has 58 heavy (non-hydrogen) atoms. The molecule has 5 atom stereocenters. The van der Waals surface area contributed by atoms with Gasteiger partial charge in [0.1, 0.15) is 23.7 Å². The molecule has 0 spiro atoms. The largest absolute Gasteiger partial charge is 0.465 e. The maximum atomic E-state index is 13.7. The van der Waals surface area contributed by atoms with Crippen LogP contribution < -0.4 is 10.6 Å². The van der Waals surface area contributed by atoms with Gasteiger partial charge in [-0.1, -0.05) is 52.0 Å². The quantitative estimate of drug-likeness (QED) is 0.117. The molecule has 15 heteroatoms. The van der Waals surface area contributed by atoms with Crippen molar-refractivity contribution in [1.82, 2.24) is 45.3 Å². The molecule has 0 bridgehead atoms. The van der Waals surface area contributed by atoms with Crippen LogP contribution in [0.15, 0.2) is 48.8 Å². The van der Waals surface area contributed by atoms with Crippen LogP contribution in [0.25, 0.3) is 33.6 Å². The number of amides is 4. The van der Waals surface area contributed by atoms with Crippen molar-refractivity contribution in [1.29, 1.82) is 0 Å². The number of nitrogens with one attached hydrogen (secondary N) is 4. The van der Waals surface area contributed by atoms with Crippen LogP contribution in [0.3, 0.4) is 0 Å². The molecule has 7 rings (SSSR count). The summed E-state index contributed by atoms with van der Waals surface area (Å²) in [5.41, 5.74) is 7.76. The zero-order valence-electron chi connectivity index (χ0n) is 34.6. The lowest BCUT2D eigenvalue weighted by atomic mass is 9.86. The zero-order valence-corrected chi connectivity index (χ0v) is 34.6. The summed E-state index contributed by atoms with van der Waals surface area (Å²) in [6, 6.07) is 10.9. The molecule has 4 amide bonds. The van der Waals surface area contributed by atoms with Crippen molar-refractivity contribution in [3.05, 3.63) is 71.6 Å². The number of alkyl carbamates (subject to hydrolysis) is 1. The van der Waals surface area contributed by atoms with Crippen LogP contribution in [-0.4, -0.2) is 110 Å². The zero-order chi connectivity index (χ0) is 41.6. The van der Waals surface area contributed by atoms with Gasteiger partial charge in [0.15, 0.2) is 0 Å². The standard InChI is InChI=1S/C43H55N9O6/c1-23(2)35(48-41(55)56)39(53)51-17-9-11-33(51)37-44-21-31(46-37)25-13-15-27-28-16-14-26(20-30(28)43(5,50(6)7)29(27)19-25)32-22-45-38(47-32)34-12-10-18-52(34)40(54)36(24(3)4)49-42(57)58-8/h13-16,19-24,33-36,48H,9-12,17-18H2,1-8H3,(H,44,46)(H,45,47)(H,49,57)(H,55,56)/t33-,34?,35-,36-,43?/m0/s1. The molecule has 308 valence electrons. The van der Waals surface area contributed by atoms with Crippen LogP contribution in [-0.2, 0) is 19.9 Å². The Balaban J connectivity index is 1.14. The summed E-state index contributed by atoms with van der Waals surface area (Å²) in [7, 11) is 5.46. The first-order valence-corrected chi connectivity index (χ1v) is 20.2. The molecule has 3 aliphatic rings. The average Bonchev–Trinajstić information content (AvgIpc) is 4.05. The maximum absolute atomic E-state index is 13.7. The van der Waals surface area contributed by atoms with Crippen molar-refractivity contribution in [3.63, 3.8) is 0 Å². The first kappa shape index (κ1) is 40.5. The Hall–Kier alpha value is -5.70. The van der Waals surface area contributed by atoms with E-state index < -0.39 is 29.8 Å². The molecule has 0 radical (unpaired) electrons. The van der Waals surface area contributed by atoms with Crippen molar-refractivity contribution in [2.75, 3.05) is 34.3 Å². The molecule has 5 N–H and O–H groups in total. The maximum Gasteiger partial charge on any atom is 0.407 e. The van der Waals surface area contributed by atoms with Crippen LogP contribution in [0.4, 0.5) is 9.59 Å². The van der Waals surface area contributed by atoms with Gasteiger partial charge in [0, 0.05) is 13.1 Å². The smallest absolute Gasteiger partial charge is 0.407 e. The van der Waals surface area contributed by atoms with Crippen LogP contribution >= 0.6 is 0 Å². The summed E-state index contributed by atoms with van der Waals surface area (Å²) in [5, 5.41) is 14.5. The normalized spacial score (nSPS) is 21.0. The van der Waals surface area contributed by atoms with Crippen molar-refractivity contribution < 1.29 is 29.0 Å². The molecular weight excluding hydrogens is 739 g/mol. The Labute approximate surface area is 338 Å². The second-order valence-corrected chi connectivity index (χ2v) is 16.8. The van der Waals surface area contributed by atoms with Gasteiger partial charge in [-0.05, 0) is 104 Å². The van der Waals surface area contributed by atoms with Crippen molar-refractivity contribution in [3.8, 4) is 33.6 Å². The Kier molecular flexibility index (Phi) is 11.1. The molecule has 2 aromatic heterocycles. The molecule has 2 fully saturated rings. The number of fused-ring (bicyclic) bond motifs is 3. The summed E-state index contributed by atoms with van der Waals surface area (Å²) in [4.78, 5) is 73.2. The van der Waals surface area contributed by atoms with E-state index in [9.17, 15) is 24.3 Å². The number of rotatable bonds is 11. The van der Waals surface area contributed by atoms with E-state index in [0.717, 1.165) is 70.5 Å². The highest BCUT2D eigenvalue weighted by molar-refractivity contribution is 5.88. The molecule has 2 aromatic carbocycles. The lowest BCUT2D eigenvalue weighted by Crippen LogP contribution is -2.51. The van der Waals surface area contributed by atoms with Gasteiger partial charge in [-0.25, -0.2) is 19.6 Å². The predicted molar refractivity (Wildman–Crippen MR) is 219 cm³/mol. The number of hydrogen-bond donors (Lipinski definition) is 5. The van der Waals surface area contributed by atoms with Gasteiger partial charge in [-0.3, -0.25) is 14.5 Å². The summed E-state index contributed by atoms with van der Waals surface area (Å²) in [5.74, 6) is 0.692. The van der Waals surface area contributed by atoms with Crippen LogP contribution in [0, 0.1) is 11.8 Å². The number of hydrogen-bond acceptors (Lipinski definition) is 8. The Morgan fingerprint density at radius 3 is 1.64 bits per heavy atom. The number of carbonyl (C=O) groups is 4. The third kappa shape index (κ3) is 7.20. The van der Waals surface area contributed by atoms with E-state index in [1.54, 1.807) is 4.90 Å². The summed E-state index contributed by atoms with van der Waals surface area (Å²) < 4.78 is 4.79. The lowest BCUT2D eigenvalue weighted by Gasteiger charge is -2.35. The molecule has 1 aliphatic carbocycles. The van der Waals surface area contributed by atoms with Crippen molar-refractivity contribution >= 4 is 24.0 Å². The number of aromatic amines is 2. The number of methoxy groups -OCH3 is 1. The number of H-pyrrole nitrogens is 2. The van der Waals surface area contributed by atoms with Crippen LogP contribution in [0.1, 0.15) is 95.2 Å². The summed E-state index contributed by atoms with van der Waals surface area (Å²) in [6.07, 6.45) is 4.93. The van der Waals surface area contributed by atoms with E-state index in [1.807, 2.05) is 45.0 Å². The first-order valence-electron chi connectivity index (χ1n) is 20.2. The molecule has 0 saturated carbocycles. The van der Waals surface area contributed by atoms with E-state index >= 15 is 0 Å². The van der Waals surface area contributed by atoms with E-state index in [1.165, 1.54) is 7.11 Å². The van der Waals surface area contributed by atoms with Gasteiger partial charge in [0.2, 0.25) is 11.8 Å². The Bertz CT molecular complexity index is 2210. The Morgan fingerprint density at radius 2 is 1.24 bits per heavy atom. The highest BCUT2D eigenvalue weighted by Gasteiger charge is 2.43. The number of ether oxygens (including phenoxy) is 1. The summed E-state index contributed by atoms with van der Waals surface area (Å²) in [6.45, 7) is 10.8. The average molecular weight is 794 g/mol. The van der Waals surface area contributed by atoms with Crippen LogP contribution in [0.2, 0.25) is 0 Å². The lowest BCUT2D eigenvalue weighted by molar-refractivity contribution is -0.136. The fourth-order valence-corrected chi connectivity index (χ4v) is 8.96. The Morgan fingerprint density at radius 1 is 0.793 bits per heavy atom.